The highest BCUT2D eigenvalue weighted by Gasteiger charge is 2.02. The largest absolute Gasteiger partial charge is 0.384 e. The van der Waals surface area contributed by atoms with Crippen LogP contribution in [0.25, 0.3) is 5.82 Å². The molecule has 0 aliphatic rings. The lowest BCUT2D eigenvalue weighted by atomic mass is 10.1. The van der Waals surface area contributed by atoms with Crippen molar-refractivity contribution in [2.24, 2.45) is 5.92 Å². The molecule has 96 valence electrons. The van der Waals surface area contributed by atoms with Crippen LogP contribution in [-0.2, 0) is 0 Å². The van der Waals surface area contributed by atoms with Crippen molar-refractivity contribution >= 4 is 5.69 Å². The highest BCUT2D eigenvalue weighted by Crippen LogP contribution is 2.12. The second kappa shape index (κ2) is 5.67. The number of hydrogen-bond donors (Lipinski definition) is 1. The quantitative estimate of drug-likeness (QED) is 0.879. The molecular formula is C14H20N4. The van der Waals surface area contributed by atoms with Gasteiger partial charge in [0.15, 0.2) is 0 Å². The van der Waals surface area contributed by atoms with Crippen LogP contribution in [0.3, 0.4) is 0 Å². The van der Waals surface area contributed by atoms with Crippen LogP contribution in [0.5, 0.6) is 0 Å². The van der Waals surface area contributed by atoms with Crippen LogP contribution < -0.4 is 5.32 Å². The van der Waals surface area contributed by atoms with Gasteiger partial charge in [0.2, 0.25) is 0 Å². The van der Waals surface area contributed by atoms with Crippen LogP contribution in [0.1, 0.15) is 26.1 Å². The Kier molecular flexibility index (Phi) is 3.97. The van der Waals surface area contributed by atoms with Crippen molar-refractivity contribution in [3.63, 3.8) is 0 Å². The first-order valence-electron chi connectivity index (χ1n) is 6.41. The van der Waals surface area contributed by atoms with Crippen molar-refractivity contribution < 1.29 is 0 Å². The normalized spacial score (nSPS) is 12.4. The summed E-state index contributed by atoms with van der Waals surface area (Å²) < 4.78 is 1.97. The van der Waals surface area contributed by atoms with Gasteiger partial charge in [-0.2, -0.15) is 0 Å². The van der Waals surface area contributed by atoms with Gasteiger partial charge in [0, 0.05) is 18.9 Å². The highest BCUT2D eigenvalue weighted by atomic mass is 15.1. The Morgan fingerprint density at radius 3 is 2.72 bits per heavy atom. The van der Waals surface area contributed by atoms with Crippen molar-refractivity contribution in [2.75, 3.05) is 11.9 Å². The minimum Gasteiger partial charge on any atom is -0.384 e. The van der Waals surface area contributed by atoms with Gasteiger partial charge in [-0.25, -0.2) is 9.97 Å². The molecule has 0 saturated carbocycles. The summed E-state index contributed by atoms with van der Waals surface area (Å²) in [6.45, 7) is 7.40. The van der Waals surface area contributed by atoms with E-state index in [1.165, 1.54) is 6.42 Å². The Labute approximate surface area is 108 Å². The number of pyridine rings is 1. The number of rotatable bonds is 5. The molecule has 0 aromatic carbocycles. The molecule has 2 aromatic rings. The molecule has 2 heterocycles. The third-order valence-electron chi connectivity index (χ3n) is 3.17. The van der Waals surface area contributed by atoms with Gasteiger partial charge in [-0.05, 0) is 25.0 Å². The first-order chi connectivity index (χ1) is 8.70. The topological polar surface area (TPSA) is 42.7 Å². The van der Waals surface area contributed by atoms with Crippen LogP contribution in [0, 0.1) is 12.8 Å². The number of imidazole rings is 1. The molecule has 2 aromatic heterocycles. The van der Waals surface area contributed by atoms with Crippen LogP contribution in [0.15, 0.2) is 30.7 Å². The van der Waals surface area contributed by atoms with Gasteiger partial charge in [0.1, 0.15) is 11.6 Å². The molecule has 4 nitrogen and oxygen atoms in total. The summed E-state index contributed by atoms with van der Waals surface area (Å²) in [6, 6.07) is 4.07. The summed E-state index contributed by atoms with van der Waals surface area (Å²) in [7, 11) is 0. The van der Waals surface area contributed by atoms with Gasteiger partial charge in [0.25, 0.3) is 0 Å². The van der Waals surface area contributed by atoms with Crippen molar-refractivity contribution in [3.05, 3.63) is 36.5 Å². The van der Waals surface area contributed by atoms with Crippen LogP contribution in [-0.4, -0.2) is 21.1 Å². The smallest absolute Gasteiger partial charge is 0.138 e. The summed E-state index contributed by atoms with van der Waals surface area (Å²) in [4.78, 5) is 8.64. The summed E-state index contributed by atoms with van der Waals surface area (Å²) >= 11 is 0. The Hall–Kier alpha value is -1.84. The maximum Gasteiger partial charge on any atom is 0.138 e. The molecule has 0 aliphatic carbocycles. The van der Waals surface area contributed by atoms with E-state index in [1.54, 1.807) is 6.20 Å². The number of aryl methyl sites for hydroxylation is 1. The van der Waals surface area contributed by atoms with E-state index < -0.39 is 0 Å². The van der Waals surface area contributed by atoms with E-state index in [0.717, 1.165) is 23.9 Å². The number of nitrogens with zero attached hydrogens (tertiary/aromatic N) is 3. The van der Waals surface area contributed by atoms with Crippen LogP contribution in [0.2, 0.25) is 0 Å². The maximum atomic E-state index is 4.45. The first-order valence-corrected chi connectivity index (χ1v) is 6.41. The zero-order chi connectivity index (χ0) is 13.0. The van der Waals surface area contributed by atoms with Gasteiger partial charge in [0.05, 0.1) is 11.9 Å². The maximum absolute atomic E-state index is 4.45. The lowest BCUT2D eigenvalue weighted by Crippen LogP contribution is -2.10. The molecular weight excluding hydrogens is 224 g/mol. The Morgan fingerprint density at radius 2 is 2.17 bits per heavy atom. The number of nitrogens with one attached hydrogen (secondary N) is 1. The fourth-order valence-corrected chi connectivity index (χ4v) is 1.69. The van der Waals surface area contributed by atoms with Crippen LogP contribution in [0.4, 0.5) is 5.69 Å². The number of hydrogen-bond acceptors (Lipinski definition) is 3. The fraction of sp³-hybridized carbons (Fsp3) is 0.429. The van der Waals surface area contributed by atoms with Crippen LogP contribution >= 0.6 is 0 Å². The molecule has 0 radical (unpaired) electrons. The Morgan fingerprint density at radius 1 is 1.33 bits per heavy atom. The average molecular weight is 244 g/mol. The summed E-state index contributed by atoms with van der Waals surface area (Å²) in [5.41, 5.74) is 1.07. The molecule has 1 N–H and O–H groups in total. The SMILES string of the molecule is CCC(C)CNc1ccc(-n2ccnc2C)nc1. The second-order valence-electron chi connectivity index (χ2n) is 4.64. The van der Waals surface area contributed by atoms with Gasteiger partial charge < -0.3 is 5.32 Å². The second-order valence-corrected chi connectivity index (χ2v) is 4.64. The van der Waals surface area contributed by atoms with Gasteiger partial charge in [-0.15, -0.1) is 0 Å². The monoisotopic (exact) mass is 244 g/mol. The predicted octanol–water partition coefficient (Wildman–Crippen LogP) is 3.03. The lowest BCUT2D eigenvalue weighted by molar-refractivity contribution is 0.593. The summed E-state index contributed by atoms with van der Waals surface area (Å²) in [5, 5.41) is 3.40. The lowest BCUT2D eigenvalue weighted by Gasteiger charge is -2.11. The van der Waals surface area contributed by atoms with Crippen molar-refractivity contribution in [2.45, 2.75) is 27.2 Å². The predicted molar refractivity (Wildman–Crippen MR) is 74.0 cm³/mol. The molecule has 1 atom stereocenters. The molecule has 0 bridgehead atoms. The van der Waals surface area contributed by atoms with Crippen molar-refractivity contribution in [3.8, 4) is 5.82 Å². The van der Waals surface area contributed by atoms with E-state index in [2.05, 4.69) is 35.2 Å². The molecule has 2 rings (SSSR count). The van der Waals surface area contributed by atoms with E-state index in [4.69, 9.17) is 0 Å². The number of anilines is 1. The molecule has 0 amide bonds. The van der Waals surface area contributed by atoms with E-state index in [-0.39, 0.29) is 0 Å². The molecule has 0 fully saturated rings. The Balaban J connectivity index is 2.04. The standard InChI is InChI=1S/C14H20N4/c1-4-11(2)9-16-13-5-6-14(17-10-13)18-8-7-15-12(18)3/h5-8,10-11,16H,4,9H2,1-3H3. The minimum atomic E-state index is 0.681. The van der Waals surface area contributed by atoms with Crippen molar-refractivity contribution in [1.29, 1.82) is 0 Å². The van der Waals surface area contributed by atoms with E-state index in [1.807, 2.05) is 30.0 Å². The zero-order valence-electron chi connectivity index (χ0n) is 11.2. The fourth-order valence-electron chi connectivity index (χ4n) is 1.69. The average Bonchev–Trinajstić information content (AvgIpc) is 2.83. The molecule has 0 aliphatic heterocycles. The van der Waals surface area contributed by atoms with Gasteiger partial charge in [-0.1, -0.05) is 20.3 Å². The highest BCUT2D eigenvalue weighted by molar-refractivity contribution is 5.43. The van der Waals surface area contributed by atoms with E-state index in [9.17, 15) is 0 Å². The van der Waals surface area contributed by atoms with E-state index in [0.29, 0.717) is 5.92 Å². The third kappa shape index (κ3) is 2.88. The molecule has 4 heteroatoms. The minimum absolute atomic E-state index is 0.681. The summed E-state index contributed by atoms with van der Waals surface area (Å²) in [6.07, 6.45) is 6.76. The molecule has 0 spiro atoms. The van der Waals surface area contributed by atoms with Gasteiger partial charge in [-0.3, -0.25) is 4.57 Å². The summed E-state index contributed by atoms with van der Waals surface area (Å²) in [5.74, 6) is 2.53. The molecule has 18 heavy (non-hydrogen) atoms. The van der Waals surface area contributed by atoms with Gasteiger partial charge >= 0.3 is 0 Å². The Bertz CT molecular complexity index is 487. The molecule has 0 saturated heterocycles. The van der Waals surface area contributed by atoms with Crippen molar-refractivity contribution in [1.82, 2.24) is 14.5 Å². The third-order valence-corrected chi connectivity index (χ3v) is 3.17. The number of aromatic nitrogens is 3. The first kappa shape index (κ1) is 12.6. The zero-order valence-corrected chi connectivity index (χ0v) is 11.2. The van der Waals surface area contributed by atoms with E-state index >= 15 is 0 Å². The molecule has 1 unspecified atom stereocenters.